The molecular weight excluding hydrogens is 252 g/mol. The van der Waals surface area contributed by atoms with Crippen LogP contribution in [0.2, 0.25) is 5.28 Å². The second-order valence-corrected chi connectivity index (χ2v) is 5.74. The molecule has 0 bridgehead atoms. The zero-order valence-corrected chi connectivity index (χ0v) is 12.0. The van der Waals surface area contributed by atoms with E-state index in [1.165, 1.54) is 0 Å². The SMILES string of the molecule is Cc1cnc(C(C)n2c(Cl)nnc2C(C)(C)C)o1. The van der Waals surface area contributed by atoms with E-state index in [-0.39, 0.29) is 11.5 Å². The molecule has 1 atom stereocenters. The normalized spacial score (nSPS) is 13.9. The molecule has 0 fully saturated rings. The fourth-order valence-electron chi connectivity index (χ4n) is 1.80. The predicted molar refractivity (Wildman–Crippen MR) is 68.8 cm³/mol. The van der Waals surface area contributed by atoms with Crippen LogP contribution in [0.1, 0.15) is 51.2 Å². The van der Waals surface area contributed by atoms with E-state index in [9.17, 15) is 0 Å². The van der Waals surface area contributed by atoms with Crippen molar-refractivity contribution in [3.05, 3.63) is 29.0 Å². The molecule has 0 spiro atoms. The molecular formula is C12H17ClN4O. The number of hydrogen-bond acceptors (Lipinski definition) is 4. The summed E-state index contributed by atoms with van der Waals surface area (Å²) in [5.74, 6) is 2.20. The van der Waals surface area contributed by atoms with Gasteiger partial charge in [-0.3, -0.25) is 4.57 Å². The number of aromatic nitrogens is 4. The fourth-order valence-corrected chi connectivity index (χ4v) is 2.07. The minimum atomic E-state index is -0.143. The van der Waals surface area contributed by atoms with E-state index in [0.29, 0.717) is 11.2 Å². The average Bonchev–Trinajstić information content (AvgIpc) is 2.82. The van der Waals surface area contributed by atoms with Crippen molar-refractivity contribution in [3.63, 3.8) is 0 Å². The van der Waals surface area contributed by atoms with Crippen LogP contribution >= 0.6 is 11.6 Å². The predicted octanol–water partition coefficient (Wildman–Crippen LogP) is 3.13. The van der Waals surface area contributed by atoms with E-state index in [0.717, 1.165) is 11.6 Å². The van der Waals surface area contributed by atoms with Crippen LogP contribution in [0.3, 0.4) is 0 Å². The van der Waals surface area contributed by atoms with Crippen LogP contribution in [-0.2, 0) is 5.41 Å². The maximum absolute atomic E-state index is 6.12. The molecule has 2 rings (SSSR count). The molecule has 18 heavy (non-hydrogen) atoms. The van der Waals surface area contributed by atoms with Crippen molar-refractivity contribution in [2.24, 2.45) is 0 Å². The summed E-state index contributed by atoms with van der Waals surface area (Å²) in [5.41, 5.74) is -0.143. The molecule has 6 heteroatoms. The van der Waals surface area contributed by atoms with Crippen molar-refractivity contribution in [2.75, 3.05) is 0 Å². The van der Waals surface area contributed by atoms with E-state index < -0.39 is 0 Å². The van der Waals surface area contributed by atoms with Gasteiger partial charge < -0.3 is 4.42 Å². The van der Waals surface area contributed by atoms with Crippen LogP contribution in [0.25, 0.3) is 0 Å². The molecule has 0 saturated carbocycles. The minimum absolute atomic E-state index is 0.129. The Kier molecular flexibility index (Phi) is 3.19. The Morgan fingerprint density at radius 2 is 2.00 bits per heavy atom. The lowest BCUT2D eigenvalue weighted by Gasteiger charge is -2.21. The van der Waals surface area contributed by atoms with Gasteiger partial charge in [-0.25, -0.2) is 4.98 Å². The summed E-state index contributed by atoms with van der Waals surface area (Å²) in [4.78, 5) is 4.23. The van der Waals surface area contributed by atoms with Crippen molar-refractivity contribution in [1.82, 2.24) is 19.7 Å². The van der Waals surface area contributed by atoms with Gasteiger partial charge in [0.15, 0.2) is 0 Å². The Morgan fingerprint density at radius 1 is 1.33 bits per heavy atom. The first-order valence-corrected chi connectivity index (χ1v) is 6.21. The standard InChI is InChI=1S/C12H17ClN4O/c1-7-6-14-9(18-7)8(2)17-10(12(3,4)5)15-16-11(17)13/h6,8H,1-5H3. The Bertz CT molecular complexity index is 553. The molecule has 0 saturated heterocycles. The second kappa shape index (κ2) is 4.39. The number of oxazole rings is 1. The van der Waals surface area contributed by atoms with E-state index in [1.54, 1.807) is 6.20 Å². The van der Waals surface area contributed by atoms with Crippen LogP contribution in [0, 0.1) is 6.92 Å². The molecule has 0 radical (unpaired) electrons. The molecule has 0 aromatic carbocycles. The lowest BCUT2D eigenvalue weighted by molar-refractivity contribution is 0.393. The van der Waals surface area contributed by atoms with Gasteiger partial charge in [0.25, 0.3) is 0 Å². The highest BCUT2D eigenvalue weighted by atomic mass is 35.5. The van der Waals surface area contributed by atoms with Gasteiger partial charge in [0, 0.05) is 5.41 Å². The third-order valence-electron chi connectivity index (χ3n) is 2.71. The van der Waals surface area contributed by atoms with Gasteiger partial charge in [-0.15, -0.1) is 10.2 Å². The highest BCUT2D eigenvalue weighted by Crippen LogP contribution is 2.29. The van der Waals surface area contributed by atoms with E-state index in [1.807, 2.05) is 18.4 Å². The smallest absolute Gasteiger partial charge is 0.225 e. The molecule has 2 aromatic rings. The third kappa shape index (κ3) is 2.27. The summed E-state index contributed by atoms with van der Waals surface area (Å²) in [6, 6.07) is -0.129. The largest absolute Gasteiger partial charge is 0.444 e. The first-order chi connectivity index (χ1) is 8.30. The molecule has 0 aliphatic heterocycles. The number of aryl methyl sites for hydroxylation is 1. The van der Waals surface area contributed by atoms with Crippen molar-refractivity contribution in [2.45, 2.75) is 46.1 Å². The quantitative estimate of drug-likeness (QED) is 0.840. The second-order valence-electron chi connectivity index (χ2n) is 5.40. The number of hydrogen-bond donors (Lipinski definition) is 0. The Morgan fingerprint density at radius 3 is 2.50 bits per heavy atom. The maximum Gasteiger partial charge on any atom is 0.225 e. The van der Waals surface area contributed by atoms with Crippen LogP contribution in [-0.4, -0.2) is 19.7 Å². The zero-order chi connectivity index (χ0) is 13.5. The third-order valence-corrected chi connectivity index (χ3v) is 2.97. The van der Waals surface area contributed by atoms with Gasteiger partial charge >= 0.3 is 0 Å². The van der Waals surface area contributed by atoms with E-state index in [4.69, 9.17) is 16.0 Å². The number of rotatable bonds is 2. The minimum Gasteiger partial charge on any atom is -0.444 e. The maximum atomic E-state index is 6.12. The molecule has 0 aliphatic carbocycles. The first kappa shape index (κ1) is 13.1. The summed E-state index contributed by atoms with van der Waals surface area (Å²) < 4.78 is 7.40. The van der Waals surface area contributed by atoms with E-state index >= 15 is 0 Å². The summed E-state index contributed by atoms with van der Waals surface area (Å²) in [6.45, 7) is 10.0. The molecule has 1 unspecified atom stereocenters. The van der Waals surface area contributed by atoms with Crippen LogP contribution in [0.15, 0.2) is 10.6 Å². The van der Waals surface area contributed by atoms with Gasteiger partial charge in [0.1, 0.15) is 17.6 Å². The molecule has 0 amide bonds. The Hall–Kier alpha value is -1.36. The average molecular weight is 269 g/mol. The Labute approximate surface area is 111 Å². The van der Waals surface area contributed by atoms with Crippen LogP contribution in [0.4, 0.5) is 0 Å². The van der Waals surface area contributed by atoms with Crippen molar-refractivity contribution in [3.8, 4) is 0 Å². The summed E-state index contributed by atoms with van der Waals surface area (Å²) >= 11 is 6.12. The van der Waals surface area contributed by atoms with Crippen molar-refractivity contribution < 1.29 is 4.42 Å². The highest BCUT2D eigenvalue weighted by molar-refractivity contribution is 6.28. The summed E-state index contributed by atoms with van der Waals surface area (Å²) in [6.07, 6.45) is 1.70. The van der Waals surface area contributed by atoms with Crippen LogP contribution < -0.4 is 0 Å². The van der Waals surface area contributed by atoms with Gasteiger partial charge in [0.05, 0.1) is 6.20 Å². The van der Waals surface area contributed by atoms with Crippen LogP contribution in [0.5, 0.6) is 0 Å². The number of halogens is 1. The summed E-state index contributed by atoms with van der Waals surface area (Å²) in [7, 11) is 0. The van der Waals surface area contributed by atoms with E-state index in [2.05, 4.69) is 36.0 Å². The molecule has 0 aliphatic rings. The summed E-state index contributed by atoms with van der Waals surface area (Å²) in [5, 5.41) is 8.45. The van der Waals surface area contributed by atoms with Gasteiger partial charge in [0.2, 0.25) is 11.2 Å². The van der Waals surface area contributed by atoms with Gasteiger partial charge in [-0.2, -0.15) is 0 Å². The monoisotopic (exact) mass is 268 g/mol. The first-order valence-electron chi connectivity index (χ1n) is 5.84. The molecule has 0 N–H and O–H groups in total. The van der Waals surface area contributed by atoms with Crippen molar-refractivity contribution in [1.29, 1.82) is 0 Å². The molecule has 98 valence electrons. The lowest BCUT2D eigenvalue weighted by Crippen LogP contribution is -2.22. The number of nitrogens with zero attached hydrogens (tertiary/aromatic N) is 4. The zero-order valence-electron chi connectivity index (χ0n) is 11.2. The molecule has 5 nitrogen and oxygen atoms in total. The van der Waals surface area contributed by atoms with Crippen molar-refractivity contribution >= 4 is 11.6 Å². The fraction of sp³-hybridized carbons (Fsp3) is 0.583. The van der Waals surface area contributed by atoms with Gasteiger partial charge in [-0.1, -0.05) is 20.8 Å². The Balaban J connectivity index is 2.48. The van der Waals surface area contributed by atoms with Gasteiger partial charge in [-0.05, 0) is 25.4 Å². The topological polar surface area (TPSA) is 56.7 Å². The lowest BCUT2D eigenvalue weighted by atomic mass is 9.95. The molecule has 2 heterocycles. The molecule has 2 aromatic heterocycles. The highest BCUT2D eigenvalue weighted by Gasteiger charge is 2.28.